The SMILES string of the molecule is C#CCC(n1cc2cccc(Cl)c2n1)[Si](C)(C)C. The van der Waals surface area contributed by atoms with Crippen molar-refractivity contribution < 1.29 is 0 Å². The van der Waals surface area contributed by atoms with Crippen molar-refractivity contribution in [1.82, 2.24) is 9.78 Å². The van der Waals surface area contributed by atoms with E-state index in [2.05, 4.69) is 36.9 Å². The zero-order valence-corrected chi connectivity index (χ0v) is 12.7. The highest BCUT2D eigenvalue weighted by atomic mass is 35.5. The Bertz CT molecular complexity index is 604. The van der Waals surface area contributed by atoms with Crippen LogP contribution >= 0.6 is 11.6 Å². The molecule has 0 radical (unpaired) electrons. The number of terminal acetylenes is 1. The van der Waals surface area contributed by atoms with Crippen LogP contribution in [0.5, 0.6) is 0 Å². The normalized spacial score (nSPS) is 13.5. The van der Waals surface area contributed by atoms with Crippen molar-refractivity contribution in [1.29, 1.82) is 0 Å². The van der Waals surface area contributed by atoms with Crippen LogP contribution in [0.3, 0.4) is 0 Å². The molecule has 0 aliphatic carbocycles. The van der Waals surface area contributed by atoms with Crippen LogP contribution in [0.25, 0.3) is 10.9 Å². The quantitative estimate of drug-likeness (QED) is 0.609. The summed E-state index contributed by atoms with van der Waals surface area (Å²) >= 11 is 6.16. The summed E-state index contributed by atoms with van der Waals surface area (Å²) in [7, 11) is -1.41. The molecule has 1 unspecified atom stereocenters. The van der Waals surface area contributed by atoms with E-state index < -0.39 is 8.07 Å². The molecule has 1 aromatic heterocycles. The molecule has 0 N–H and O–H groups in total. The molecule has 0 bridgehead atoms. The molecule has 0 aliphatic heterocycles. The highest BCUT2D eigenvalue weighted by Crippen LogP contribution is 2.28. The van der Waals surface area contributed by atoms with Gasteiger partial charge < -0.3 is 0 Å². The Kier molecular flexibility index (Phi) is 3.51. The molecule has 0 fully saturated rings. The summed E-state index contributed by atoms with van der Waals surface area (Å²) in [5.74, 6) is 2.77. The third-order valence-electron chi connectivity index (χ3n) is 3.14. The minimum atomic E-state index is -1.41. The second-order valence-corrected chi connectivity index (χ2v) is 11.4. The second kappa shape index (κ2) is 4.79. The third-order valence-corrected chi connectivity index (χ3v) is 5.91. The molecule has 2 aromatic rings. The van der Waals surface area contributed by atoms with Gasteiger partial charge in [0.05, 0.1) is 18.8 Å². The fourth-order valence-corrected chi connectivity index (χ4v) is 3.97. The molecule has 2 nitrogen and oxygen atoms in total. The van der Waals surface area contributed by atoms with Gasteiger partial charge in [0.2, 0.25) is 0 Å². The molecule has 1 heterocycles. The van der Waals surface area contributed by atoms with E-state index in [4.69, 9.17) is 18.0 Å². The van der Waals surface area contributed by atoms with E-state index in [0.717, 1.165) is 17.3 Å². The van der Waals surface area contributed by atoms with Crippen LogP contribution in [0, 0.1) is 12.3 Å². The fraction of sp³-hybridized carbons (Fsp3) is 0.357. The third kappa shape index (κ3) is 2.45. The molecule has 0 saturated carbocycles. The molecule has 18 heavy (non-hydrogen) atoms. The van der Waals surface area contributed by atoms with E-state index in [1.165, 1.54) is 0 Å². The maximum atomic E-state index is 6.16. The molecular weight excluding hydrogens is 260 g/mol. The summed E-state index contributed by atoms with van der Waals surface area (Å²) in [6.07, 6.45) is 8.27. The summed E-state index contributed by atoms with van der Waals surface area (Å²) in [6.45, 7) is 6.93. The molecule has 4 heteroatoms. The predicted octanol–water partition coefficient (Wildman–Crippen LogP) is 4.13. The van der Waals surface area contributed by atoms with Crippen LogP contribution in [0.15, 0.2) is 24.4 Å². The Hall–Kier alpha value is -1.24. The lowest BCUT2D eigenvalue weighted by Gasteiger charge is -2.27. The minimum Gasteiger partial charge on any atom is -0.271 e. The van der Waals surface area contributed by atoms with E-state index in [0.29, 0.717) is 10.7 Å². The van der Waals surface area contributed by atoms with Gasteiger partial charge in [-0.2, -0.15) is 5.10 Å². The molecule has 1 atom stereocenters. The average molecular weight is 277 g/mol. The minimum absolute atomic E-state index is 0.311. The largest absolute Gasteiger partial charge is 0.271 e. The van der Waals surface area contributed by atoms with Gasteiger partial charge in [0.25, 0.3) is 0 Å². The lowest BCUT2D eigenvalue weighted by Crippen LogP contribution is -2.35. The summed E-state index contributed by atoms with van der Waals surface area (Å²) in [5, 5.41) is 6.39. The summed E-state index contributed by atoms with van der Waals surface area (Å²) in [4.78, 5) is 0. The molecule has 0 saturated heterocycles. The molecule has 2 rings (SSSR count). The first-order valence-electron chi connectivity index (χ1n) is 6.00. The molecule has 1 aromatic carbocycles. The Morgan fingerprint density at radius 2 is 2.17 bits per heavy atom. The van der Waals surface area contributed by atoms with Crippen LogP contribution in [0.4, 0.5) is 0 Å². The molecule has 0 aliphatic rings. The zero-order chi connectivity index (χ0) is 13.3. The highest BCUT2D eigenvalue weighted by molar-refractivity contribution is 6.76. The van der Waals surface area contributed by atoms with Crippen LogP contribution in [-0.2, 0) is 0 Å². The van der Waals surface area contributed by atoms with Crippen molar-refractivity contribution in [2.75, 3.05) is 0 Å². The Labute approximate surface area is 114 Å². The fourth-order valence-electron chi connectivity index (χ4n) is 2.10. The van der Waals surface area contributed by atoms with E-state index in [1.807, 2.05) is 22.9 Å². The van der Waals surface area contributed by atoms with Crippen molar-refractivity contribution >= 4 is 30.6 Å². The zero-order valence-electron chi connectivity index (χ0n) is 10.9. The van der Waals surface area contributed by atoms with Crippen LogP contribution in [0.2, 0.25) is 24.7 Å². The number of nitrogens with zero attached hydrogens (tertiary/aromatic N) is 2. The number of halogens is 1. The van der Waals surface area contributed by atoms with E-state index >= 15 is 0 Å². The van der Waals surface area contributed by atoms with Crippen molar-refractivity contribution in [3.63, 3.8) is 0 Å². The van der Waals surface area contributed by atoms with Crippen molar-refractivity contribution in [3.8, 4) is 12.3 Å². The summed E-state index contributed by atoms with van der Waals surface area (Å²) in [5.41, 5.74) is 1.17. The maximum Gasteiger partial charge on any atom is 0.111 e. The Morgan fingerprint density at radius 3 is 2.72 bits per heavy atom. The van der Waals surface area contributed by atoms with Gasteiger partial charge in [0.15, 0.2) is 0 Å². The molecule has 0 spiro atoms. The van der Waals surface area contributed by atoms with E-state index in [1.54, 1.807) is 0 Å². The van der Waals surface area contributed by atoms with Crippen LogP contribution in [0.1, 0.15) is 12.1 Å². The standard InChI is InChI=1S/C14H17ClN2Si/c1-5-7-13(18(2,3)4)17-10-11-8-6-9-12(15)14(11)16-17/h1,6,8-10,13H,7H2,2-4H3. The van der Waals surface area contributed by atoms with Crippen LogP contribution in [-0.4, -0.2) is 17.9 Å². The number of hydrogen-bond donors (Lipinski definition) is 0. The Morgan fingerprint density at radius 1 is 1.44 bits per heavy atom. The first kappa shape index (κ1) is 13.2. The van der Waals surface area contributed by atoms with Gasteiger partial charge >= 0.3 is 0 Å². The lowest BCUT2D eigenvalue weighted by atomic mass is 10.3. The lowest BCUT2D eigenvalue weighted by molar-refractivity contribution is 0.586. The molecular formula is C14H17ClN2Si. The van der Waals surface area contributed by atoms with Gasteiger partial charge in [-0.05, 0) is 6.07 Å². The van der Waals surface area contributed by atoms with E-state index in [9.17, 15) is 0 Å². The van der Waals surface area contributed by atoms with Crippen molar-refractivity contribution in [2.45, 2.75) is 31.7 Å². The van der Waals surface area contributed by atoms with Gasteiger partial charge in [-0.1, -0.05) is 43.4 Å². The number of fused-ring (bicyclic) bond motifs is 1. The first-order chi connectivity index (χ1) is 8.43. The van der Waals surface area contributed by atoms with Gasteiger partial charge in [0, 0.05) is 18.0 Å². The number of benzene rings is 1. The number of hydrogen-bond acceptors (Lipinski definition) is 1. The molecule has 94 valence electrons. The number of aromatic nitrogens is 2. The summed E-state index contributed by atoms with van der Waals surface area (Å²) in [6, 6.07) is 5.84. The van der Waals surface area contributed by atoms with Gasteiger partial charge in [-0.25, -0.2) is 0 Å². The Balaban J connectivity index is 2.52. The number of rotatable bonds is 3. The predicted molar refractivity (Wildman–Crippen MR) is 80.6 cm³/mol. The highest BCUT2D eigenvalue weighted by Gasteiger charge is 2.28. The van der Waals surface area contributed by atoms with Crippen molar-refractivity contribution in [2.24, 2.45) is 0 Å². The first-order valence-corrected chi connectivity index (χ1v) is 9.96. The maximum absolute atomic E-state index is 6.16. The van der Waals surface area contributed by atoms with E-state index in [-0.39, 0.29) is 0 Å². The van der Waals surface area contributed by atoms with Gasteiger partial charge in [-0.15, -0.1) is 12.3 Å². The smallest absolute Gasteiger partial charge is 0.111 e. The summed E-state index contributed by atoms with van der Waals surface area (Å²) < 4.78 is 2.02. The van der Waals surface area contributed by atoms with Crippen molar-refractivity contribution in [3.05, 3.63) is 29.4 Å². The average Bonchev–Trinajstić information content (AvgIpc) is 2.69. The van der Waals surface area contributed by atoms with Crippen LogP contribution < -0.4 is 0 Å². The van der Waals surface area contributed by atoms with Gasteiger partial charge in [0.1, 0.15) is 5.52 Å². The second-order valence-electron chi connectivity index (χ2n) is 5.58. The van der Waals surface area contributed by atoms with Gasteiger partial charge in [-0.3, -0.25) is 4.68 Å². The topological polar surface area (TPSA) is 17.8 Å². The monoisotopic (exact) mass is 276 g/mol. The molecule has 0 amide bonds.